The van der Waals surface area contributed by atoms with E-state index < -0.39 is 9.85 Å². The fraction of sp³-hybridized carbons (Fsp3) is 0.105. The number of nitro groups is 2. The third kappa shape index (κ3) is 3.88. The van der Waals surface area contributed by atoms with Gasteiger partial charge in [0.15, 0.2) is 0 Å². The van der Waals surface area contributed by atoms with Crippen molar-refractivity contribution in [3.05, 3.63) is 91.8 Å². The van der Waals surface area contributed by atoms with Gasteiger partial charge in [0.25, 0.3) is 11.4 Å². The number of aryl methyl sites for hydroxylation is 1. The van der Waals surface area contributed by atoms with Crippen LogP contribution in [0, 0.1) is 34.1 Å². The number of aromatic nitrogens is 1. The van der Waals surface area contributed by atoms with Crippen molar-refractivity contribution < 1.29 is 9.85 Å². The van der Waals surface area contributed by atoms with Gasteiger partial charge in [-0.05, 0) is 38.1 Å². The number of non-ortho nitro benzene ring substituents is 2. The van der Waals surface area contributed by atoms with Crippen LogP contribution in [0.2, 0.25) is 0 Å². The van der Waals surface area contributed by atoms with Crippen LogP contribution < -0.4 is 5.43 Å². The van der Waals surface area contributed by atoms with Crippen molar-refractivity contribution in [2.24, 2.45) is 5.10 Å². The smallest absolute Gasteiger partial charge is 0.271 e. The molecule has 0 spiro atoms. The summed E-state index contributed by atoms with van der Waals surface area (Å²) >= 11 is 0. The first kappa shape index (κ1) is 18.8. The van der Waals surface area contributed by atoms with Crippen molar-refractivity contribution in [1.82, 2.24) is 4.57 Å². The third-order valence-corrected chi connectivity index (χ3v) is 4.24. The maximum absolute atomic E-state index is 11.0. The van der Waals surface area contributed by atoms with E-state index in [4.69, 9.17) is 0 Å². The Bertz CT molecular complexity index is 1070. The minimum atomic E-state index is -0.462. The van der Waals surface area contributed by atoms with Crippen LogP contribution in [0.15, 0.2) is 59.7 Å². The van der Waals surface area contributed by atoms with Crippen LogP contribution in [-0.4, -0.2) is 20.6 Å². The van der Waals surface area contributed by atoms with Crippen molar-refractivity contribution in [1.29, 1.82) is 0 Å². The zero-order valence-corrected chi connectivity index (χ0v) is 15.2. The van der Waals surface area contributed by atoms with E-state index in [1.54, 1.807) is 24.4 Å². The van der Waals surface area contributed by atoms with E-state index in [-0.39, 0.29) is 11.4 Å². The molecule has 9 nitrogen and oxygen atoms in total. The average molecular weight is 379 g/mol. The second-order valence-corrected chi connectivity index (χ2v) is 6.11. The average Bonchev–Trinajstić information content (AvgIpc) is 2.95. The van der Waals surface area contributed by atoms with Crippen molar-refractivity contribution in [2.45, 2.75) is 13.8 Å². The SMILES string of the molecule is Cc1cc(/C=N\Nc2ccc([N+](=O)[O-])cc2)c(C)n1-c1cccc([N+](=O)[O-])c1. The van der Waals surface area contributed by atoms with Crippen LogP contribution in [0.4, 0.5) is 17.1 Å². The van der Waals surface area contributed by atoms with Crippen molar-refractivity contribution >= 4 is 23.3 Å². The highest BCUT2D eigenvalue weighted by molar-refractivity contribution is 5.82. The number of nitrogens with one attached hydrogen (secondary N) is 1. The first-order chi connectivity index (χ1) is 13.4. The van der Waals surface area contributed by atoms with Crippen LogP contribution in [0.5, 0.6) is 0 Å². The highest BCUT2D eigenvalue weighted by Gasteiger charge is 2.12. The Morgan fingerprint density at radius 2 is 1.64 bits per heavy atom. The van der Waals surface area contributed by atoms with Crippen molar-refractivity contribution in [3.63, 3.8) is 0 Å². The van der Waals surface area contributed by atoms with Gasteiger partial charge in [0.1, 0.15) is 0 Å². The lowest BCUT2D eigenvalue weighted by molar-refractivity contribution is -0.385. The summed E-state index contributed by atoms with van der Waals surface area (Å²) in [6.45, 7) is 3.81. The summed E-state index contributed by atoms with van der Waals surface area (Å²) in [5, 5.41) is 25.9. The van der Waals surface area contributed by atoms with E-state index in [0.29, 0.717) is 11.4 Å². The van der Waals surface area contributed by atoms with E-state index in [0.717, 1.165) is 17.0 Å². The number of hydrogen-bond donors (Lipinski definition) is 1. The van der Waals surface area contributed by atoms with Crippen molar-refractivity contribution in [2.75, 3.05) is 5.43 Å². The molecule has 0 bridgehead atoms. The van der Waals surface area contributed by atoms with Crippen molar-refractivity contribution in [3.8, 4) is 5.69 Å². The van der Waals surface area contributed by atoms with E-state index in [9.17, 15) is 20.2 Å². The molecule has 0 aliphatic rings. The van der Waals surface area contributed by atoms with Crippen LogP contribution in [0.25, 0.3) is 5.69 Å². The van der Waals surface area contributed by atoms with E-state index in [1.807, 2.05) is 30.5 Å². The molecule has 1 aromatic heterocycles. The predicted molar refractivity (Wildman–Crippen MR) is 106 cm³/mol. The molecule has 0 radical (unpaired) electrons. The zero-order chi connectivity index (χ0) is 20.3. The Balaban J connectivity index is 1.81. The number of hydrogen-bond acceptors (Lipinski definition) is 6. The van der Waals surface area contributed by atoms with Gasteiger partial charge >= 0.3 is 0 Å². The van der Waals surface area contributed by atoms with Crippen LogP contribution in [0.3, 0.4) is 0 Å². The summed E-state index contributed by atoms with van der Waals surface area (Å²) in [7, 11) is 0. The highest BCUT2D eigenvalue weighted by Crippen LogP contribution is 2.23. The molecular weight excluding hydrogens is 362 g/mol. The molecule has 0 saturated carbocycles. The second-order valence-electron chi connectivity index (χ2n) is 6.11. The Morgan fingerprint density at radius 1 is 0.964 bits per heavy atom. The highest BCUT2D eigenvalue weighted by atomic mass is 16.6. The summed E-state index contributed by atoms with van der Waals surface area (Å²) in [5.41, 5.74) is 6.82. The van der Waals surface area contributed by atoms with E-state index in [2.05, 4.69) is 10.5 Å². The zero-order valence-electron chi connectivity index (χ0n) is 15.2. The van der Waals surface area contributed by atoms with Gasteiger partial charge in [-0.1, -0.05) is 6.07 Å². The minimum absolute atomic E-state index is 0.00929. The van der Waals surface area contributed by atoms with Gasteiger partial charge in [0.05, 0.1) is 27.4 Å². The lowest BCUT2D eigenvalue weighted by Gasteiger charge is -2.09. The van der Waals surface area contributed by atoms with Gasteiger partial charge in [0.2, 0.25) is 0 Å². The van der Waals surface area contributed by atoms with Gasteiger partial charge < -0.3 is 4.57 Å². The summed E-state index contributed by atoms with van der Waals surface area (Å²) < 4.78 is 1.92. The topological polar surface area (TPSA) is 116 Å². The molecule has 0 aliphatic carbocycles. The van der Waals surface area contributed by atoms with Crippen LogP contribution >= 0.6 is 0 Å². The van der Waals surface area contributed by atoms with Gasteiger partial charge in [-0.15, -0.1) is 0 Å². The van der Waals surface area contributed by atoms with Crippen LogP contribution in [0.1, 0.15) is 17.0 Å². The molecule has 0 amide bonds. The largest absolute Gasteiger partial charge is 0.318 e. The lowest BCUT2D eigenvalue weighted by Crippen LogP contribution is -2.01. The predicted octanol–water partition coefficient (Wildman–Crippen LogP) is 4.36. The summed E-state index contributed by atoms with van der Waals surface area (Å²) in [5.74, 6) is 0. The fourth-order valence-corrected chi connectivity index (χ4v) is 2.90. The molecule has 0 aliphatic heterocycles. The van der Waals surface area contributed by atoms with Crippen LogP contribution in [-0.2, 0) is 0 Å². The number of benzene rings is 2. The number of rotatable bonds is 6. The summed E-state index contributed by atoms with van der Waals surface area (Å²) in [6, 6.07) is 14.3. The van der Waals surface area contributed by atoms with E-state index >= 15 is 0 Å². The number of anilines is 1. The number of nitro benzene ring substituents is 2. The fourth-order valence-electron chi connectivity index (χ4n) is 2.90. The van der Waals surface area contributed by atoms with Gasteiger partial charge in [0, 0.05) is 41.2 Å². The molecule has 0 unspecified atom stereocenters. The molecular formula is C19H17N5O4. The minimum Gasteiger partial charge on any atom is -0.318 e. The summed E-state index contributed by atoms with van der Waals surface area (Å²) in [6.07, 6.45) is 1.64. The maximum atomic E-state index is 11.0. The quantitative estimate of drug-likeness (QED) is 0.388. The maximum Gasteiger partial charge on any atom is 0.271 e. The lowest BCUT2D eigenvalue weighted by atomic mass is 10.2. The monoisotopic (exact) mass is 379 g/mol. The third-order valence-electron chi connectivity index (χ3n) is 4.24. The molecule has 1 heterocycles. The normalized spacial score (nSPS) is 10.9. The molecule has 3 aromatic rings. The molecule has 0 fully saturated rings. The molecule has 0 saturated heterocycles. The second kappa shape index (κ2) is 7.70. The van der Waals surface area contributed by atoms with Gasteiger partial charge in [-0.2, -0.15) is 5.10 Å². The molecule has 142 valence electrons. The Morgan fingerprint density at radius 3 is 2.29 bits per heavy atom. The number of hydrazone groups is 1. The first-order valence-corrected chi connectivity index (χ1v) is 8.34. The Kier molecular flexibility index (Phi) is 5.16. The number of nitrogens with zero attached hydrogens (tertiary/aromatic N) is 4. The van der Waals surface area contributed by atoms with Gasteiger partial charge in [-0.3, -0.25) is 25.7 Å². The molecule has 9 heteroatoms. The molecule has 28 heavy (non-hydrogen) atoms. The van der Waals surface area contributed by atoms with Gasteiger partial charge in [-0.25, -0.2) is 0 Å². The molecule has 0 atom stereocenters. The molecule has 1 N–H and O–H groups in total. The molecule has 3 rings (SSSR count). The Hall–Kier alpha value is -4.01. The summed E-state index contributed by atoms with van der Waals surface area (Å²) in [4.78, 5) is 20.8. The molecule has 2 aromatic carbocycles. The Labute approximate surface area is 160 Å². The van der Waals surface area contributed by atoms with E-state index in [1.165, 1.54) is 24.3 Å². The standard InChI is InChI=1S/C19H17N5O4/c1-13-10-15(12-20-21-16-6-8-17(9-7-16)23(25)26)14(2)22(13)18-4-3-5-19(11-18)24(27)28/h3-12,21H,1-2H3/b20-12-. The first-order valence-electron chi connectivity index (χ1n) is 8.34.